The van der Waals surface area contributed by atoms with E-state index < -0.39 is 0 Å². The van der Waals surface area contributed by atoms with Gasteiger partial charge in [0.2, 0.25) is 0 Å². The van der Waals surface area contributed by atoms with Crippen LogP contribution < -0.4 is 0 Å². The van der Waals surface area contributed by atoms with Crippen molar-refractivity contribution < 1.29 is 4.39 Å². The van der Waals surface area contributed by atoms with Gasteiger partial charge in [0.25, 0.3) is 0 Å². The summed E-state index contributed by atoms with van der Waals surface area (Å²) in [6, 6.07) is 6.76. The Morgan fingerprint density at radius 3 is 2.86 bits per heavy atom. The van der Waals surface area contributed by atoms with E-state index in [2.05, 4.69) is 19.1 Å². The average Bonchev–Trinajstić information content (AvgIpc) is 2.18. The van der Waals surface area contributed by atoms with Gasteiger partial charge in [-0.1, -0.05) is 29.9 Å². The molecule has 0 spiro atoms. The van der Waals surface area contributed by atoms with E-state index in [0.717, 1.165) is 24.0 Å². The lowest BCUT2D eigenvalue weighted by molar-refractivity contribution is 0.627. The van der Waals surface area contributed by atoms with Crippen molar-refractivity contribution in [1.82, 2.24) is 0 Å². The fourth-order valence-electron chi connectivity index (χ4n) is 1.72. The molecule has 1 aromatic carbocycles. The lowest BCUT2D eigenvalue weighted by Gasteiger charge is -2.10. The Kier molecular flexibility index (Phi) is 2.49. The first-order valence-corrected chi connectivity index (χ1v) is 4.89. The molecule has 14 heavy (non-hydrogen) atoms. The zero-order valence-corrected chi connectivity index (χ0v) is 8.26. The molecule has 0 unspecified atom stereocenters. The van der Waals surface area contributed by atoms with E-state index in [-0.39, 0.29) is 5.82 Å². The van der Waals surface area contributed by atoms with Gasteiger partial charge in [0, 0.05) is 0 Å². The molecule has 0 N–H and O–H groups in total. The Balaban J connectivity index is 2.36. The molecule has 1 aliphatic rings. The lowest BCUT2D eigenvalue weighted by atomic mass is 9.95. The van der Waals surface area contributed by atoms with Crippen LogP contribution in [0, 0.1) is 5.82 Å². The van der Waals surface area contributed by atoms with Gasteiger partial charge in [-0.2, -0.15) is 0 Å². The van der Waals surface area contributed by atoms with E-state index in [1.165, 1.54) is 11.6 Å². The SMILES string of the molecule is CC1=CC(c2cccc(F)c2)=CCC1. The summed E-state index contributed by atoms with van der Waals surface area (Å²) < 4.78 is 13.0. The van der Waals surface area contributed by atoms with E-state index in [4.69, 9.17) is 0 Å². The maximum absolute atomic E-state index is 13.0. The number of hydrogen-bond acceptors (Lipinski definition) is 0. The molecule has 0 aromatic heterocycles. The fraction of sp³-hybridized carbons (Fsp3) is 0.231. The molecule has 2 rings (SSSR count). The van der Waals surface area contributed by atoms with Crippen LogP contribution in [0.25, 0.3) is 5.57 Å². The van der Waals surface area contributed by atoms with Crippen molar-refractivity contribution in [2.45, 2.75) is 19.8 Å². The second-order valence-corrected chi connectivity index (χ2v) is 3.70. The second-order valence-electron chi connectivity index (χ2n) is 3.70. The summed E-state index contributed by atoms with van der Waals surface area (Å²) in [5.74, 6) is -0.167. The van der Waals surface area contributed by atoms with Crippen LogP contribution in [0.3, 0.4) is 0 Å². The summed E-state index contributed by atoms with van der Waals surface area (Å²) in [6.45, 7) is 2.12. The topological polar surface area (TPSA) is 0 Å². The van der Waals surface area contributed by atoms with Crippen molar-refractivity contribution >= 4 is 5.57 Å². The van der Waals surface area contributed by atoms with Crippen LogP contribution in [-0.2, 0) is 0 Å². The summed E-state index contributed by atoms with van der Waals surface area (Å²) >= 11 is 0. The second kappa shape index (κ2) is 3.79. The Morgan fingerprint density at radius 1 is 1.29 bits per heavy atom. The van der Waals surface area contributed by atoms with Crippen LogP contribution in [0.1, 0.15) is 25.3 Å². The molecule has 0 saturated heterocycles. The third-order valence-corrected chi connectivity index (χ3v) is 2.46. The molecule has 1 aliphatic carbocycles. The molecule has 1 heteroatoms. The molecule has 0 amide bonds. The Hall–Kier alpha value is -1.37. The Labute approximate surface area is 83.8 Å². The molecular formula is C13H13F. The van der Waals surface area contributed by atoms with E-state index in [1.807, 2.05) is 6.07 Å². The van der Waals surface area contributed by atoms with E-state index >= 15 is 0 Å². The van der Waals surface area contributed by atoms with Crippen molar-refractivity contribution in [2.24, 2.45) is 0 Å². The van der Waals surface area contributed by atoms with Crippen LogP contribution in [0.4, 0.5) is 4.39 Å². The largest absolute Gasteiger partial charge is 0.207 e. The molecule has 0 heterocycles. The monoisotopic (exact) mass is 188 g/mol. The van der Waals surface area contributed by atoms with Gasteiger partial charge in [-0.15, -0.1) is 0 Å². The standard InChI is InChI=1S/C13H13F/c1-10-4-2-5-11(8-10)12-6-3-7-13(14)9-12/h3,5-9H,2,4H2,1H3. The van der Waals surface area contributed by atoms with E-state index in [1.54, 1.807) is 12.1 Å². The van der Waals surface area contributed by atoms with Gasteiger partial charge in [0.05, 0.1) is 0 Å². The van der Waals surface area contributed by atoms with Gasteiger partial charge < -0.3 is 0 Å². The highest BCUT2D eigenvalue weighted by Gasteiger charge is 2.04. The highest BCUT2D eigenvalue weighted by molar-refractivity contribution is 5.75. The predicted octanol–water partition coefficient (Wildman–Crippen LogP) is 3.95. The van der Waals surface area contributed by atoms with Crippen LogP contribution in [0.5, 0.6) is 0 Å². The van der Waals surface area contributed by atoms with E-state index in [9.17, 15) is 4.39 Å². The summed E-state index contributed by atoms with van der Waals surface area (Å²) in [5, 5.41) is 0. The molecule has 0 saturated carbocycles. The highest BCUT2D eigenvalue weighted by atomic mass is 19.1. The maximum atomic E-state index is 13.0. The molecule has 0 fully saturated rings. The number of allylic oxidation sites excluding steroid dienone is 4. The van der Waals surface area contributed by atoms with Gasteiger partial charge in [-0.25, -0.2) is 4.39 Å². The third-order valence-electron chi connectivity index (χ3n) is 2.46. The van der Waals surface area contributed by atoms with Crippen LogP contribution in [0.2, 0.25) is 0 Å². The smallest absolute Gasteiger partial charge is 0.123 e. The van der Waals surface area contributed by atoms with Crippen molar-refractivity contribution in [2.75, 3.05) is 0 Å². The van der Waals surface area contributed by atoms with Crippen LogP contribution >= 0.6 is 0 Å². The molecule has 1 aromatic rings. The number of halogens is 1. The summed E-state index contributed by atoms with van der Waals surface area (Å²) in [7, 11) is 0. The fourth-order valence-corrected chi connectivity index (χ4v) is 1.72. The number of rotatable bonds is 1. The third kappa shape index (κ3) is 1.92. The first kappa shape index (κ1) is 9.20. The Bertz CT molecular complexity index is 399. The number of benzene rings is 1. The molecule has 0 bridgehead atoms. The summed E-state index contributed by atoms with van der Waals surface area (Å²) in [5.41, 5.74) is 3.49. The average molecular weight is 188 g/mol. The van der Waals surface area contributed by atoms with E-state index in [0.29, 0.717) is 0 Å². The molecule has 0 nitrogen and oxygen atoms in total. The molecule has 72 valence electrons. The molecule has 0 aliphatic heterocycles. The first-order chi connectivity index (χ1) is 6.75. The molecular weight excluding hydrogens is 175 g/mol. The van der Waals surface area contributed by atoms with Gasteiger partial charge >= 0.3 is 0 Å². The van der Waals surface area contributed by atoms with Crippen LogP contribution in [-0.4, -0.2) is 0 Å². The normalized spacial score (nSPS) is 16.1. The Morgan fingerprint density at radius 2 is 2.14 bits per heavy atom. The predicted molar refractivity (Wildman–Crippen MR) is 57.4 cm³/mol. The zero-order chi connectivity index (χ0) is 9.97. The van der Waals surface area contributed by atoms with Gasteiger partial charge in [-0.05, 0) is 43.0 Å². The highest BCUT2D eigenvalue weighted by Crippen LogP contribution is 2.25. The van der Waals surface area contributed by atoms with Gasteiger partial charge in [-0.3, -0.25) is 0 Å². The molecule has 0 radical (unpaired) electrons. The minimum atomic E-state index is -0.167. The zero-order valence-electron chi connectivity index (χ0n) is 8.26. The van der Waals surface area contributed by atoms with Crippen molar-refractivity contribution in [3.05, 3.63) is 53.4 Å². The molecule has 0 atom stereocenters. The summed E-state index contributed by atoms with van der Waals surface area (Å²) in [4.78, 5) is 0. The summed E-state index contributed by atoms with van der Waals surface area (Å²) in [6.07, 6.45) is 6.49. The van der Waals surface area contributed by atoms with Crippen molar-refractivity contribution in [1.29, 1.82) is 0 Å². The van der Waals surface area contributed by atoms with Crippen LogP contribution in [0.15, 0.2) is 42.0 Å². The minimum Gasteiger partial charge on any atom is -0.207 e. The quantitative estimate of drug-likeness (QED) is 0.626. The maximum Gasteiger partial charge on any atom is 0.123 e. The van der Waals surface area contributed by atoms with Gasteiger partial charge in [0.15, 0.2) is 0 Å². The van der Waals surface area contributed by atoms with Crippen molar-refractivity contribution in [3.8, 4) is 0 Å². The number of hydrogen-bond donors (Lipinski definition) is 0. The lowest BCUT2D eigenvalue weighted by Crippen LogP contribution is -1.90. The van der Waals surface area contributed by atoms with Crippen molar-refractivity contribution in [3.63, 3.8) is 0 Å². The van der Waals surface area contributed by atoms with Gasteiger partial charge in [0.1, 0.15) is 5.82 Å². The minimum absolute atomic E-state index is 0.167. The first-order valence-electron chi connectivity index (χ1n) is 4.89.